The van der Waals surface area contributed by atoms with Gasteiger partial charge in [0.05, 0.1) is 12.7 Å². The van der Waals surface area contributed by atoms with Crippen LogP contribution in [-0.2, 0) is 9.59 Å². The van der Waals surface area contributed by atoms with Crippen LogP contribution in [0.3, 0.4) is 0 Å². The first-order chi connectivity index (χ1) is 16.1. The molecule has 0 radical (unpaired) electrons. The highest BCUT2D eigenvalue weighted by molar-refractivity contribution is 7.10. The smallest absolute Gasteiger partial charge is 0.300 e. The fourth-order valence-electron chi connectivity index (χ4n) is 4.50. The summed E-state index contributed by atoms with van der Waals surface area (Å²) in [7, 11) is 1.62. The number of aliphatic hydroxyl groups excluding tert-OH is 1. The van der Waals surface area contributed by atoms with Crippen LogP contribution >= 0.6 is 11.3 Å². The third-order valence-corrected chi connectivity index (χ3v) is 7.26. The molecule has 1 fully saturated rings. The van der Waals surface area contributed by atoms with E-state index in [1.54, 1.807) is 7.11 Å². The Hall–Kier alpha value is -3.38. The van der Waals surface area contributed by atoms with E-state index in [-0.39, 0.29) is 17.3 Å². The topological polar surface area (TPSA) is 66.8 Å². The molecule has 34 heavy (non-hydrogen) atoms. The molecule has 5 nitrogen and oxygen atoms in total. The summed E-state index contributed by atoms with van der Waals surface area (Å²) in [5.74, 6) is -0.601. The van der Waals surface area contributed by atoms with E-state index < -0.39 is 17.7 Å². The molecule has 2 aromatic carbocycles. The third-order valence-electron chi connectivity index (χ3n) is 6.34. The first-order valence-corrected chi connectivity index (χ1v) is 12.1. The fourth-order valence-corrected chi connectivity index (χ4v) is 5.33. The molecule has 4 rings (SSSR count). The molecule has 6 heteroatoms. The number of hydrogen-bond donors (Lipinski definition) is 1. The molecular formula is C28H29NO4S. The lowest BCUT2D eigenvalue weighted by atomic mass is 9.92. The standard InChI is InChI=1S/C28H29NO4S/c1-15(2)19-14-20(18(5)13-22(19)33-6)26(30)24-25(23-8-7-11-34-23)29(28(32)27(24)31)21-12-16(3)9-10-17(21)4/h7-15,25,30H,1-6H3/b26-24+. The van der Waals surface area contributed by atoms with Gasteiger partial charge in [0.2, 0.25) is 0 Å². The molecular weight excluding hydrogens is 446 g/mol. The molecule has 1 aliphatic heterocycles. The maximum atomic E-state index is 13.4. The van der Waals surface area contributed by atoms with Gasteiger partial charge in [-0.3, -0.25) is 14.5 Å². The van der Waals surface area contributed by atoms with Crippen LogP contribution in [0.2, 0.25) is 0 Å². The molecule has 2 heterocycles. The molecule has 1 amide bonds. The molecule has 3 aromatic rings. The molecule has 0 saturated carbocycles. The zero-order chi connectivity index (χ0) is 24.7. The normalized spacial score (nSPS) is 17.6. The van der Waals surface area contributed by atoms with Gasteiger partial charge >= 0.3 is 0 Å². The number of aryl methyl sites for hydroxylation is 3. The second-order valence-corrected chi connectivity index (χ2v) is 10.0. The van der Waals surface area contributed by atoms with Crippen molar-refractivity contribution in [2.24, 2.45) is 0 Å². The van der Waals surface area contributed by atoms with Crippen LogP contribution in [0.1, 0.15) is 58.5 Å². The first-order valence-electron chi connectivity index (χ1n) is 11.3. The van der Waals surface area contributed by atoms with Gasteiger partial charge in [0.25, 0.3) is 11.7 Å². The van der Waals surface area contributed by atoms with Gasteiger partial charge in [-0.15, -0.1) is 11.3 Å². The van der Waals surface area contributed by atoms with E-state index in [1.807, 2.05) is 82.5 Å². The van der Waals surface area contributed by atoms with Crippen LogP contribution in [-0.4, -0.2) is 23.9 Å². The van der Waals surface area contributed by atoms with Gasteiger partial charge in [-0.1, -0.05) is 32.0 Å². The Labute approximate surface area is 204 Å². The number of hydrogen-bond acceptors (Lipinski definition) is 5. The first kappa shape index (κ1) is 23.8. The Morgan fingerprint density at radius 1 is 1.06 bits per heavy atom. The van der Waals surface area contributed by atoms with E-state index >= 15 is 0 Å². The van der Waals surface area contributed by atoms with Gasteiger partial charge in [0.15, 0.2) is 0 Å². The summed E-state index contributed by atoms with van der Waals surface area (Å²) in [5.41, 5.74) is 4.87. The van der Waals surface area contributed by atoms with Gasteiger partial charge in [0.1, 0.15) is 17.6 Å². The number of methoxy groups -OCH3 is 1. The lowest BCUT2D eigenvalue weighted by Crippen LogP contribution is -2.29. The van der Waals surface area contributed by atoms with Crippen LogP contribution in [0.15, 0.2) is 53.4 Å². The Bertz CT molecular complexity index is 1300. The van der Waals surface area contributed by atoms with Crippen molar-refractivity contribution in [3.8, 4) is 5.75 Å². The Morgan fingerprint density at radius 3 is 2.41 bits per heavy atom. The molecule has 0 bridgehead atoms. The predicted octanol–water partition coefficient (Wildman–Crippen LogP) is 6.43. The van der Waals surface area contributed by atoms with E-state index in [4.69, 9.17) is 4.74 Å². The van der Waals surface area contributed by atoms with Gasteiger partial charge in [0, 0.05) is 16.1 Å². The number of ether oxygens (including phenoxy) is 1. The Balaban J connectivity index is 1.98. The van der Waals surface area contributed by atoms with Crippen molar-refractivity contribution in [1.29, 1.82) is 0 Å². The number of carbonyl (C=O) groups excluding carboxylic acids is 2. The van der Waals surface area contributed by atoms with Crippen molar-refractivity contribution in [3.05, 3.63) is 86.1 Å². The second-order valence-electron chi connectivity index (χ2n) is 9.04. The molecule has 1 N–H and O–H groups in total. The minimum absolute atomic E-state index is 0.108. The SMILES string of the molecule is COc1cc(C)c(/C(O)=C2\C(=O)C(=O)N(c3cc(C)ccc3C)C2c2cccs2)cc1C(C)C. The highest BCUT2D eigenvalue weighted by Gasteiger charge is 2.48. The van der Waals surface area contributed by atoms with Gasteiger partial charge in [-0.05, 0) is 78.6 Å². The minimum atomic E-state index is -0.704. The van der Waals surface area contributed by atoms with Gasteiger partial charge in [-0.2, -0.15) is 0 Å². The summed E-state index contributed by atoms with van der Waals surface area (Å²) in [6.07, 6.45) is 0. The van der Waals surface area contributed by atoms with Crippen LogP contribution in [0.4, 0.5) is 5.69 Å². The Morgan fingerprint density at radius 2 is 1.79 bits per heavy atom. The van der Waals surface area contributed by atoms with E-state index in [1.165, 1.54) is 16.2 Å². The number of ketones is 1. The molecule has 1 atom stereocenters. The highest BCUT2D eigenvalue weighted by atomic mass is 32.1. The van der Waals surface area contributed by atoms with E-state index in [0.717, 1.165) is 32.9 Å². The molecule has 0 spiro atoms. The number of nitrogens with zero attached hydrogens (tertiary/aromatic N) is 1. The number of benzene rings is 2. The zero-order valence-corrected chi connectivity index (χ0v) is 21.1. The van der Waals surface area contributed by atoms with Crippen LogP contribution < -0.4 is 9.64 Å². The van der Waals surface area contributed by atoms with E-state index in [0.29, 0.717) is 11.3 Å². The predicted molar refractivity (Wildman–Crippen MR) is 137 cm³/mol. The summed E-state index contributed by atoms with van der Waals surface area (Å²) in [5, 5.41) is 13.5. The van der Waals surface area contributed by atoms with Gasteiger partial charge < -0.3 is 9.84 Å². The van der Waals surface area contributed by atoms with Crippen molar-refractivity contribution in [2.45, 2.75) is 46.6 Å². The second kappa shape index (κ2) is 9.11. The van der Waals surface area contributed by atoms with Crippen molar-refractivity contribution >= 4 is 34.5 Å². The van der Waals surface area contributed by atoms with Crippen molar-refractivity contribution in [2.75, 3.05) is 12.0 Å². The third kappa shape index (κ3) is 3.92. The zero-order valence-electron chi connectivity index (χ0n) is 20.3. The lowest BCUT2D eigenvalue weighted by molar-refractivity contribution is -0.132. The van der Waals surface area contributed by atoms with E-state index in [2.05, 4.69) is 0 Å². The number of amides is 1. The largest absolute Gasteiger partial charge is 0.507 e. The maximum Gasteiger partial charge on any atom is 0.300 e. The monoisotopic (exact) mass is 475 g/mol. The minimum Gasteiger partial charge on any atom is -0.507 e. The number of thiophene rings is 1. The summed E-state index contributed by atoms with van der Waals surface area (Å²) >= 11 is 1.46. The molecule has 176 valence electrons. The van der Waals surface area contributed by atoms with Crippen molar-refractivity contribution < 1.29 is 19.4 Å². The average Bonchev–Trinajstić information content (AvgIpc) is 3.41. The molecule has 1 unspecified atom stereocenters. The molecule has 1 aromatic heterocycles. The van der Waals surface area contributed by atoms with Crippen LogP contribution in [0.25, 0.3) is 5.76 Å². The van der Waals surface area contributed by atoms with Gasteiger partial charge in [-0.25, -0.2) is 0 Å². The molecule has 1 saturated heterocycles. The van der Waals surface area contributed by atoms with Crippen LogP contribution in [0, 0.1) is 20.8 Å². The lowest BCUT2D eigenvalue weighted by Gasteiger charge is -2.26. The van der Waals surface area contributed by atoms with Crippen molar-refractivity contribution in [1.82, 2.24) is 0 Å². The number of carbonyl (C=O) groups is 2. The average molecular weight is 476 g/mol. The quantitative estimate of drug-likeness (QED) is 0.262. The number of aliphatic hydroxyl groups is 1. The molecule has 1 aliphatic rings. The summed E-state index contributed by atoms with van der Waals surface area (Å²) in [6, 6.07) is 12.6. The number of anilines is 1. The number of rotatable bonds is 5. The number of Topliss-reactive ketones (excluding diaryl/α,β-unsaturated/α-hetero) is 1. The maximum absolute atomic E-state index is 13.4. The Kier molecular flexibility index (Phi) is 6.36. The molecule has 0 aliphatic carbocycles. The van der Waals surface area contributed by atoms with Crippen LogP contribution in [0.5, 0.6) is 5.75 Å². The highest BCUT2D eigenvalue weighted by Crippen LogP contribution is 2.45. The summed E-state index contributed by atoms with van der Waals surface area (Å²) in [6.45, 7) is 9.82. The fraction of sp³-hybridized carbons (Fsp3) is 0.286. The van der Waals surface area contributed by atoms with Crippen molar-refractivity contribution in [3.63, 3.8) is 0 Å². The summed E-state index contributed by atoms with van der Waals surface area (Å²) < 4.78 is 5.54. The summed E-state index contributed by atoms with van der Waals surface area (Å²) in [4.78, 5) is 29.2. The van der Waals surface area contributed by atoms with E-state index in [9.17, 15) is 14.7 Å².